The number of rotatable bonds is 7. The van der Waals surface area contributed by atoms with E-state index in [0.717, 1.165) is 5.56 Å². The number of ether oxygens (including phenoxy) is 2. The highest BCUT2D eigenvalue weighted by molar-refractivity contribution is 6.30. The van der Waals surface area contributed by atoms with Crippen LogP contribution in [0, 0.1) is 0 Å². The molecule has 0 aliphatic heterocycles. The molecule has 7 heteroatoms. The number of carbonyl (C=O) groups is 2. The van der Waals surface area contributed by atoms with Gasteiger partial charge >= 0.3 is 5.97 Å². The van der Waals surface area contributed by atoms with Crippen LogP contribution in [0.1, 0.15) is 29.8 Å². The summed E-state index contributed by atoms with van der Waals surface area (Å²) in [5.74, 6) is -0.330. The van der Waals surface area contributed by atoms with E-state index in [0.29, 0.717) is 28.7 Å². The quantitative estimate of drug-likeness (QED) is 0.457. The van der Waals surface area contributed by atoms with Gasteiger partial charge in [-0.05, 0) is 55.8 Å². The van der Waals surface area contributed by atoms with Crippen molar-refractivity contribution in [3.05, 3.63) is 64.7 Å². The molecule has 0 saturated heterocycles. The summed E-state index contributed by atoms with van der Waals surface area (Å²) in [4.78, 5) is 23.4. The number of hydrazone groups is 1. The number of benzene rings is 2. The second kappa shape index (κ2) is 9.58. The summed E-state index contributed by atoms with van der Waals surface area (Å²) in [6.45, 7) is 3.63. The van der Waals surface area contributed by atoms with Crippen LogP contribution in [0.15, 0.2) is 53.6 Å². The summed E-state index contributed by atoms with van der Waals surface area (Å²) in [5.41, 5.74) is 4.35. The highest BCUT2D eigenvalue weighted by Crippen LogP contribution is 2.13. The van der Waals surface area contributed by atoms with Gasteiger partial charge in [0.05, 0.1) is 17.9 Å². The van der Waals surface area contributed by atoms with Crippen molar-refractivity contribution in [3.63, 3.8) is 0 Å². The Kier molecular flexibility index (Phi) is 7.17. The summed E-state index contributed by atoms with van der Waals surface area (Å²) in [7, 11) is 0. The third kappa shape index (κ3) is 5.89. The molecule has 0 aliphatic carbocycles. The second-order valence-corrected chi connectivity index (χ2v) is 5.71. The number of hydrogen-bond acceptors (Lipinski definition) is 5. The van der Waals surface area contributed by atoms with Crippen LogP contribution in [0.3, 0.4) is 0 Å². The minimum Gasteiger partial charge on any atom is -0.484 e. The van der Waals surface area contributed by atoms with E-state index in [1.807, 2.05) is 12.1 Å². The number of esters is 1. The fourth-order valence-electron chi connectivity index (χ4n) is 1.98. The van der Waals surface area contributed by atoms with Gasteiger partial charge in [-0.2, -0.15) is 5.10 Å². The van der Waals surface area contributed by atoms with Crippen LogP contribution in [0.2, 0.25) is 5.02 Å². The zero-order chi connectivity index (χ0) is 18.9. The number of amides is 1. The average Bonchev–Trinajstić information content (AvgIpc) is 2.65. The van der Waals surface area contributed by atoms with Crippen molar-refractivity contribution < 1.29 is 19.1 Å². The molecule has 0 aliphatic rings. The number of hydrogen-bond donors (Lipinski definition) is 1. The maximum absolute atomic E-state index is 11.8. The Morgan fingerprint density at radius 3 is 2.27 bits per heavy atom. The summed E-state index contributed by atoms with van der Waals surface area (Å²) < 4.78 is 10.3. The maximum Gasteiger partial charge on any atom is 0.338 e. The van der Waals surface area contributed by atoms with Crippen LogP contribution in [0.4, 0.5) is 0 Å². The van der Waals surface area contributed by atoms with E-state index in [1.165, 1.54) is 0 Å². The van der Waals surface area contributed by atoms with E-state index < -0.39 is 11.9 Å². The van der Waals surface area contributed by atoms with E-state index >= 15 is 0 Å². The molecule has 2 aromatic carbocycles. The number of nitrogens with one attached hydrogen (secondary N) is 1. The number of carbonyl (C=O) groups excluding carboxylic acids is 2. The third-order valence-corrected chi connectivity index (χ3v) is 3.60. The van der Waals surface area contributed by atoms with Crippen LogP contribution in [0.5, 0.6) is 5.75 Å². The molecule has 136 valence electrons. The lowest BCUT2D eigenvalue weighted by Gasteiger charge is -2.07. The number of halogens is 1. The molecule has 0 atom stereocenters. The van der Waals surface area contributed by atoms with Crippen molar-refractivity contribution in [1.82, 2.24) is 5.43 Å². The predicted molar refractivity (Wildman–Crippen MR) is 99.7 cm³/mol. The second-order valence-electron chi connectivity index (χ2n) is 5.27. The van der Waals surface area contributed by atoms with Crippen molar-refractivity contribution in [3.8, 4) is 5.75 Å². The van der Waals surface area contributed by atoms with Crippen LogP contribution < -0.4 is 10.2 Å². The molecule has 0 fully saturated rings. The Hall–Kier alpha value is -2.86. The van der Waals surface area contributed by atoms with Crippen molar-refractivity contribution in [2.75, 3.05) is 13.2 Å². The normalized spacial score (nSPS) is 11.0. The molecule has 1 amide bonds. The maximum atomic E-state index is 11.8. The summed E-state index contributed by atoms with van der Waals surface area (Å²) >= 11 is 5.83. The molecule has 6 nitrogen and oxygen atoms in total. The van der Waals surface area contributed by atoms with Gasteiger partial charge in [-0.3, -0.25) is 4.79 Å². The lowest BCUT2D eigenvalue weighted by atomic mass is 10.1. The highest BCUT2D eigenvalue weighted by atomic mass is 35.5. The van der Waals surface area contributed by atoms with Crippen LogP contribution >= 0.6 is 11.6 Å². The van der Waals surface area contributed by atoms with Gasteiger partial charge in [0.2, 0.25) is 0 Å². The van der Waals surface area contributed by atoms with Crippen LogP contribution in [0.25, 0.3) is 0 Å². The van der Waals surface area contributed by atoms with Gasteiger partial charge in [-0.1, -0.05) is 23.7 Å². The first kappa shape index (κ1) is 19.5. The van der Waals surface area contributed by atoms with Gasteiger partial charge < -0.3 is 9.47 Å². The largest absolute Gasteiger partial charge is 0.484 e. The zero-order valence-corrected chi connectivity index (χ0v) is 15.2. The fourth-order valence-corrected chi connectivity index (χ4v) is 2.11. The Bertz CT molecular complexity index is 786. The topological polar surface area (TPSA) is 77.0 Å². The summed E-state index contributed by atoms with van der Waals surface area (Å²) in [5, 5.41) is 4.66. The van der Waals surface area contributed by atoms with Crippen LogP contribution in [-0.4, -0.2) is 30.8 Å². The van der Waals surface area contributed by atoms with Gasteiger partial charge in [0, 0.05) is 5.02 Å². The molecule has 0 bridgehead atoms. The van der Waals surface area contributed by atoms with Gasteiger partial charge in [-0.15, -0.1) is 0 Å². The molecular weight excluding hydrogens is 356 g/mol. The van der Waals surface area contributed by atoms with Crippen molar-refractivity contribution in [2.45, 2.75) is 13.8 Å². The van der Waals surface area contributed by atoms with Crippen molar-refractivity contribution in [2.24, 2.45) is 5.10 Å². The smallest absolute Gasteiger partial charge is 0.338 e. The average molecular weight is 375 g/mol. The molecule has 2 rings (SSSR count). The molecule has 2 aromatic rings. The monoisotopic (exact) mass is 374 g/mol. The van der Waals surface area contributed by atoms with E-state index in [1.54, 1.807) is 50.2 Å². The minimum absolute atomic E-state index is 0.198. The Balaban J connectivity index is 1.83. The van der Waals surface area contributed by atoms with Gasteiger partial charge in [0.1, 0.15) is 5.75 Å². The first-order chi connectivity index (χ1) is 12.5. The zero-order valence-electron chi connectivity index (χ0n) is 14.5. The molecule has 0 aromatic heterocycles. The van der Waals surface area contributed by atoms with Gasteiger partial charge in [0.25, 0.3) is 5.91 Å². The predicted octanol–water partition coefficient (Wildman–Crippen LogP) is 3.44. The van der Waals surface area contributed by atoms with Crippen molar-refractivity contribution in [1.29, 1.82) is 0 Å². The van der Waals surface area contributed by atoms with Crippen molar-refractivity contribution >= 4 is 29.2 Å². The minimum atomic E-state index is -0.399. The lowest BCUT2D eigenvalue weighted by molar-refractivity contribution is -0.123. The third-order valence-electron chi connectivity index (χ3n) is 3.35. The van der Waals surface area contributed by atoms with E-state index in [-0.39, 0.29) is 6.61 Å². The summed E-state index contributed by atoms with van der Waals surface area (Å²) in [6.07, 6.45) is 0. The molecular formula is C19H19ClN2O4. The molecule has 0 radical (unpaired) electrons. The lowest BCUT2D eigenvalue weighted by Crippen LogP contribution is -2.25. The molecule has 0 unspecified atom stereocenters. The van der Waals surface area contributed by atoms with E-state index in [9.17, 15) is 9.59 Å². The van der Waals surface area contributed by atoms with E-state index in [2.05, 4.69) is 10.5 Å². The molecule has 26 heavy (non-hydrogen) atoms. The molecule has 0 heterocycles. The highest BCUT2D eigenvalue weighted by Gasteiger charge is 2.07. The first-order valence-corrected chi connectivity index (χ1v) is 8.36. The van der Waals surface area contributed by atoms with Gasteiger partial charge in [0.15, 0.2) is 6.61 Å². The molecule has 0 spiro atoms. The summed E-state index contributed by atoms with van der Waals surface area (Å²) in [6, 6.07) is 13.5. The van der Waals surface area contributed by atoms with E-state index in [4.69, 9.17) is 21.1 Å². The standard InChI is InChI=1S/C19H19ClN2O4/c1-3-25-19(24)15-6-10-17(11-7-15)26-12-18(23)22-21-13(2)14-4-8-16(20)9-5-14/h4-11H,3,12H2,1-2H3,(H,22,23). The Morgan fingerprint density at radius 2 is 1.65 bits per heavy atom. The Labute approximate surface area is 156 Å². The first-order valence-electron chi connectivity index (χ1n) is 7.98. The van der Waals surface area contributed by atoms with Gasteiger partial charge in [-0.25, -0.2) is 10.2 Å². The molecule has 1 N–H and O–H groups in total. The number of nitrogens with zero attached hydrogens (tertiary/aromatic N) is 1. The van der Waals surface area contributed by atoms with Crippen LogP contribution in [-0.2, 0) is 9.53 Å². The fraction of sp³-hybridized carbons (Fsp3) is 0.211. The molecule has 0 saturated carbocycles. The Morgan fingerprint density at radius 1 is 1.04 bits per heavy atom. The SMILES string of the molecule is CCOC(=O)c1ccc(OCC(=O)NN=C(C)c2ccc(Cl)cc2)cc1.